The fraction of sp³-hybridized carbons (Fsp3) is 0.294. The first-order chi connectivity index (χ1) is 11.5. The van der Waals surface area contributed by atoms with Crippen molar-refractivity contribution >= 4 is 40.7 Å². The van der Waals surface area contributed by atoms with Crippen LogP contribution in [0.3, 0.4) is 0 Å². The Hall–Kier alpha value is -1.50. The Morgan fingerprint density at radius 2 is 1.96 bits per heavy atom. The van der Waals surface area contributed by atoms with Crippen LogP contribution in [-0.4, -0.2) is 22.4 Å². The highest BCUT2D eigenvalue weighted by molar-refractivity contribution is 7.99. The van der Waals surface area contributed by atoms with Crippen molar-refractivity contribution in [1.82, 2.24) is 15.6 Å². The van der Waals surface area contributed by atoms with Crippen LogP contribution in [-0.2, 0) is 6.54 Å². The standard InChI is InChI=1S/C17H20ClN3OS2/c1-11-9-12(2)21-16(22)15(11)10-20-17(23)19-7-8-24-14-5-3-13(18)4-6-14/h3-6,9H,7-8,10H2,1-2H3,(H,21,22)(H2,19,20,23). The first-order valence-electron chi connectivity index (χ1n) is 7.55. The number of thioether (sulfide) groups is 1. The fourth-order valence-corrected chi connectivity index (χ4v) is 3.27. The van der Waals surface area contributed by atoms with E-state index in [0.717, 1.165) is 28.6 Å². The second-order valence-electron chi connectivity index (χ2n) is 5.35. The molecule has 1 aromatic carbocycles. The van der Waals surface area contributed by atoms with Gasteiger partial charge in [-0.2, -0.15) is 0 Å². The summed E-state index contributed by atoms with van der Waals surface area (Å²) in [6.45, 7) is 4.95. The average molecular weight is 382 g/mol. The van der Waals surface area contributed by atoms with Crippen molar-refractivity contribution < 1.29 is 0 Å². The van der Waals surface area contributed by atoms with Gasteiger partial charge in [0.15, 0.2) is 5.11 Å². The lowest BCUT2D eigenvalue weighted by molar-refractivity contribution is 0.837. The van der Waals surface area contributed by atoms with Gasteiger partial charge in [0, 0.05) is 40.0 Å². The average Bonchev–Trinajstić information content (AvgIpc) is 2.52. The van der Waals surface area contributed by atoms with E-state index in [-0.39, 0.29) is 5.56 Å². The molecule has 0 aliphatic heterocycles. The number of aryl methyl sites for hydroxylation is 2. The predicted octanol–water partition coefficient (Wildman–Crippen LogP) is 3.40. The molecule has 0 saturated heterocycles. The molecule has 0 radical (unpaired) electrons. The van der Waals surface area contributed by atoms with Gasteiger partial charge in [-0.15, -0.1) is 11.8 Å². The van der Waals surface area contributed by atoms with Crippen LogP contribution in [0.5, 0.6) is 0 Å². The largest absolute Gasteiger partial charge is 0.362 e. The zero-order valence-corrected chi connectivity index (χ0v) is 16.0. The van der Waals surface area contributed by atoms with Gasteiger partial charge in [0.2, 0.25) is 0 Å². The Balaban J connectivity index is 1.72. The van der Waals surface area contributed by atoms with Crippen LogP contribution in [0.4, 0.5) is 0 Å². The molecule has 0 saturated carbocycles. The lowest BCUT2D eigenvalue weighted by Gasteiger charge is -2.11. The molecule has 0 unspecified atom stereocenters. The summed E-state index contributed by atoms with van der Waals surface area (Å²) in [5, 5.41) is 7.51. The summed E-state index contributed by atoms with van der Waals surface area (Å²) in [6, 6.07) is 9.71. The van der Waals surface area contributed by atoms with Gasteiger partial charge in [0.25, 0.3) is 5.56 Å². The lowest BCUT2D eigenvalue weighted by Crippen LogP contribution is -2.37. The Morgan fingerprint density at radius 1 is 1.25 bits per heavy atom. The second-order valence-corrected chi connectivity index (χ2v) is 7.37. The van der Waals surface area contributed by atoms with Crippen LogP contribution in [0, 0.1) is 13.8 Å². The molecule has 0 aliphatic rings. The number of rotatable bonds is 6. The molecule has 0 atom stereocenters. The summed E-state index contributed by atoms with van der Waals surface area (Å²) < 4.78 is 0. The summed E-state index contributed by atoms with van der Waals surface area (Å²) in [4.78, 5) is 15.9. The molecule has 1 aromatic heterocycles. The molecule has 3 N–H and O–H groups in total. The Bertz CT molecular complexity index is 759. The van der Waals surface area contributed by atoms with E-state index in [1.807, 2.05) is 44.2 Å². The van der Waals surface area contributed by atoms with Crippen molar-refractivity contribution in [3.8, 4) is 0 Å². The summed E-state index contributed by atoms with van der Waals surface area (Å²) in [5.74, 6) is 0.883. The van der Waals surface area contributed by atoms with Crippen molar-refractivity contribution in [1.29, 1.82) is 0 Å². The monoisotopic (exact) mass is 381 g/mol. The first kappa shape index (κ1) is 18.8. The van der Waals surface area contributed by atoms with E-state index >= 15 is 0 Å². The highest BCUT2D eigenvalue weighted by atomic mass is 35.5. The normalized spacial score (nSPS) is 10.5. The molecule has 0 fully saturated rings. The molecule has 7 heteroatoms. The minimum Gasteiger partial charge on any atom is -0.362 e. The predicted molar refractivity (Wildman–Crippen MR) is 106 cm³/mol. The van der Waals surface area contributed by atoms with Crippen molar-refractivity contribution in [2.75, 3.05) is 12.3 Å². The van der Waals surface area contributed by atoms with E-state index in [1.165, 1.54) is 4.90 Å². The van der Waals surface area contributed by atoms with Crippen LogP contribution in [0.1, 0.15) is 16.8 Å². The van der Waals surface area contributed by atoms with Gasteiger partial charge < -0.3 is 15.6 Å². The number of aromatic nitrogens is 1. The van der Waals surface area contributed by atoms with Crippen LogP contribution in [0.15, 0.2) is 40.0 Å². The molecule has 4 nitrogen and oxygen atoms in total. The lowest BCUT2D eigenvalue weighted by atomic mass is 10.1. The number of aromatic amines is 1. The van der Waals surface area contributed by atoms with Crippen molar-refractivity contribution in [2.45, 2.75) is 25.3 Å². The molecule has 0 amide bonds. The number of halogens is 1. The fourth-order valence-electron chi connectivity index (χ4n) is 2.20. The molecular formula is C17H20ClN3OS2. The van der Waals surface area contributed by atoms with Gasteiger partial charge in [-0.25, -0.2) is 0 Å². The third-order valence-electron chi connectivity index (χ3n) is 3.39. The quantitative estimate of drug-likeness (QED) is 0.406. The molecule has 0 aliphatic carbocycles. The van der Waals surface area contributed by atoms with E-state index in [0.29, 0.717) is 17.2 Å². The minimum absolute atomic E-state index is 0.0684. The number of hydrogen-bond donors (Lipinski definition) is 3. The Morgan fingerprint density at radius 3 is 2.62 bits per heavy atom. The number of pyridine rings is 1. The number of H-pyrrole nitrogens is 1. The highest BCUT2D eigenvalue weighted by Crippen LogP contribution is 2.19. The molecular weight excluding hydrogens is 362 g/mol. The smallest absolute Gasteiger partial charge is 0.253 e. The second kappa shape index (κ2) is 9.11. The van der Waals surface area contributed by atoms with Gasteiger partial charge in [-0.3, -0.25) is 4.79 Å². The Kier molecular flexibility index (Phi) is 7.15. The zero-order valence-electron chi connectivity index (χ0n) is 13.6. The molecule has 128 valence electrons. The summed E-state index contributed by atoms with van der Waals surface area (Å²) in [7, 11) is 0. The van der Waals surface area contributed by atoms with Gasteiger partial charge in [-0.05, 0) is 62.0 Å². The number of hydrogen-bond acceptors (Lipinski definition) is 3. The molecule has 2 rings (SSSR count). The number of thiocarbonyl (C=S) groups is 1. The van der Waals surface area contributed by atoms with E-state index in [2.05, 4.69) is 15.6 Å². The van der Waals surface area contributed by atoms with Crippen LogP contribution < -0.4 is 16.2 Å². The third kappa shape index (κ3) is 5.85. The number of benzene rings is 1. The van der Waals surface area contributed by atoms with E-state index in [9.17, 15) is 4.79 Å². The topological polar surface area (TPSA) is 56.9 Å². The summed E-state index contributed by atoms with van der Waals surface area (Å²) in [5.41, 5.74) is 2.47. The molecule has 0 bridgehead atoms. The minimum atomic E-state index is -0.0684. The highest BCUT2D eigenvalue weighted by Gasteiger charge is 2.05. The first-order valence-corrected chi connectivity index (χ1v) is 9.32. The van der Waals surface area contributed by atoms with Crippen molar-refractivity contribution in [2.24, 2.45) is 0 Å². The maximum absolute atomic E-state index is 11.9. The zero-order chi connectivity index (χ0) is 17.5. The Labute approximate surface area is 156 Å². The van der Waals surface area contributed by atoms with Crippen molar-refractivity contribution in [3.63, 3.8) is 0 Å². The molecule has 2 aromatic rings. The van der Waals surface area contributed by atoms with Gasteiger partial charge in [-0.1, -0.05) is 11.6 Å². The molecule has 0 spiro atoms. The van der Waals surface area contributed by atoms with Crippen LogP contribution in [0.25, 0.3) is 0 Å². The maximum atomic E-state index is 11.9. The molecule has 24 heavy (non-hydrogen) atoms. The van der Waals surface area contributed by atoms with E-state index in [1.54, 1.807) is 11.8 Å². The third-order valence-corrected chi connectivity index (χ3v) is 4.94. The van der Waals surface area contributed by atoms with Gasteiger partial charge in [0.1, 0.15) is 0 Å². The number of nitrogens with one attached hydrogen (secondary N) is 3. The van der Waals surface area contributed by atoms with Crippen molar-refractivity contribution in [3.05, 3.63) is 62.5 Å². The molecule has 1 heterocycles. The van der Waals surface area contributed by atoms with Crippen LogP contribution >= 0.6 is 35.6 Å². The SMILES string of the molecule is Cc1cc(C)c(CNC(=S)NCCSc2ccc(Cl)cc2)c(=O)[nH]1. The van der Waals surface area contributed by atoms with Gasteiger partial charge in [0.05, 0.1) is 0 Å². The summed E-state index contributed by atoms with van der Waals surface area (Å²) >= 11 is 12.8. The van der Waals surface area contributed by atoms with Gasteiger partial charge >= 0.3 is 0 Å². The van der Waals surface area contributed by atoms with Crippen LogP contribution in [0.2, 0.25) is 5.02 Å². The van der Waals surface area contributed by atoms with E-state index < -0.39 is 0 Å². The maximum Gasteiger partial charge on any atom is 0.253 e. The summed E-state index contributed by atoms with van der Waals surface area (Å²) in [6.07, 6.45) is 0. The van der Waals surface area contributed by atoms with E-state index in [4.69, 9.17) is 23.8 Å².